The van der Waals surface area contributed by atoms with Crippen LogP contribution in [0.3, 0.4) is 0 Å². The van der Waals surface area contributed by atoms with E-state index < -0.39 is 0 Å². The molecule has 154 valence electrons. The molecule has 6 nitrogen and oxygen atoms in total. The number of hydrogen-bond donors (Lipinski definition) is 1. The fraction of sp³-hybridized carbons (Fsp3) is 0.250. The maximum absolute atomic E-state index is 13.0. The molecule has 2 aromatic heterocycles. The number of nitrogens with zero attached hydrogens (tertiary/aromatic N) is 3. The van der Waals surface area contributed by atoms with Gasteiger partial charge in [0.25, 0.3) is 5.91 Å². The number of pyridine rings is 1. The zero-order valence-corrected chi connectivity index (χ0v) is 18.0. The molecule has 0 spiro atoms. The number of benzene rings is 1. The van der Waals surface area contributed by atoms with Crippen molar-refractivity contribution in [3.05, 3.63) is 65.9 Å². The molecule has 29 heavy (non-hydrogen) atoms. The third-order valence-corrected chi connectivity index (χ3v) is 5.32. The lowest BCUT2D eigenvalue weighted by molar-refractivity contribution is 0.0554. The van der Waals surface area contributed by atoms with Gasteiger partial charge in [0.15, 0.2) is 0 Å². The van der Waals surface area contributed by atoms with Crippen LogP contribution in [0.1, 0.15) is 10.5 Å². The number of amides is 1. The predicted molar refractivity (Wildman–Crippen MR) is 119 cm³/mol. The van der Waals surface area contributed by atoms with Gasteiger partial charge in [0.05, 0.1) is 12.2 Å². The van der Waals surface area contributed by atoms with Gasteiger partial charge in [-0.2, -0.15) is 0 Å². The zero-order valence-electron chi connectivity index (χ0n) is 15.6. The summed E-state index contributed by atoms with van der Waals surface area (Å²) in [5.74, 6) is 0.658. The average Bonchev–Trinajstić information content (AvgIpc) is 3.24. The SMILES string of the molecule is Cl.Cl.O=C(c1csc(-c2ccccc2)n1)N1CCNCC1COc1cccnc1. The Morgan fingerprint density at radius 3 is 2.79 bits per heavy atom. The van der Waals surface area contributed by atoms with E-state index in [1.807, 2.05) is 52.7 Å². The Hall–Kier alpha value is -2.19. The summed E-state index contributed by atoms with van der Waals surface area (Å²) in [6, 6.07) is 13.6. The third-order valence-electron chi connectivity index (χ3n) is 4.43. The van der Waals surface area contributed by atoms with Crippen molar-refractivity contribution in [3.8, 4) is 16.3 Å². The zero-order chi connectivity index (χ0) is 18.5. The van der Waals surface area contributed by atoms with Crippen molar-refractivity contribution in [2.24, 2.45) is 0 Å². The molecule has 9 heteroatoms. The molecule has 0 aliphatic carbocycles. The number of hydrogen-bond acceptors (Lipinski definition) is 6. The van der Waals surface area contributed by atoms with E-state index in [9.17, 15) is 4.79 Å². The summed E-state index contributed by atoms with van der Waals surface area (Å²) in [5.41, 5.74) is 1.52. The van der Waals surface area contributed by atoms with Crippen LogP contribution in [0.4, 0.5) is 0 Å². The first-order chi connectivity index (χ1) is 13.3. The van der Waals surface area contributed by atoms with E-state index >= 15 is 0 Å². The van der Waals surface area contributed by atoms with Gasteiger partial charge in [-0.25, -0.2) is 4.98 Å². The van der Waals surface area contributed by atoms with Gasteiger partial charge in [0.2, 0.25) is 0 Å². The number of thiazole rings is 1. The number of piperazine rings is 1. The average molecular weight is 453 g/mol. The van der Waals surface area contributed by atoms with Crippen molar-refractivity contribution in [2.45, 2.75) is 6.04 Å². The van der Waals surface area contributed by atoms with E-state index in [2.05, 4.69) is 15.3 Å². The van der Waals surface area contributed by atoms with Gasteiger partial charge >= 0.3 is 0 Å². The first-order valence-electron chi connectivity index (χ1n) is 8.87. The Labute approximate surface area is 186 Å². The summed E-state index contributed by atoms with van der Waals surface area (Å²) in [6.45, 7) is 2.52. The quantitative estimate of drug-likeness (QED) is 0.640. The van der Waals surface area contributed by atoms with Gasteiger partial charge < -0.3 is 15.0 Å². The summed E-state index contributed by atoms with van der Waals surface area (Å²) < 4.78 is 5.82. The molecular formula is C20H22Cl2N4O2S. The van der Waals surface area contributed by atoms with Crippen molar-refractivity contribution in [1.82, 2.24) is 20.2 Å². The lowest BCUT2D eigenvalue weighted by atomic mass is 10.2. The molecule has 4 rings (SSSR count). The molecule has 3 heterocycles. The Kier molecular flexibility index (Phi) is 8.85. The van der Waals surface area contributed by atoms with Crippen molar-refractivity contribution in [1.29, 1.82) is 0 Å². The first-order valence-corrected chi connectivity index (χ1v) is 9.75. The molecule has 1 N–H and O–H groups in total. The normalized spacial score (nSPS) is 15.7. The fourth-order valence-electron chi connectivity index (χ4n) is 3.03. The van der Waals surface area contributed by atoms with Crippen LogP contribution in [0.2, 0.25) is 0 Å². The van der Waals surface area contributed by atoms with Crippen LogP contribution < -0.4 is 10.1 Å². The third kappa shape index (κ3) is 5.67. The molecule has 1 fully saturated rings. The summed E-state index contributed by atoms with van der Waals surface area (Å²) >= 11 is 1.49. The summed E-state index contributed by atoms with van der Waals surface area (Å²) in [5, 5.41) is 6.03. The van der Waals surface area contributed by atoms with E-state index in [-0.39, 0.29) is 36.8 Å². The van der Waals surface area contributed by atoms with Crippen LogP contribution in [0.5, 0.6) is 5.75 Å². The highest BCUT2D eigenvalue weighted by Crippen LogP contribution is 2.24. The van der Waals surface area contributed by atoms with Crippen LogP contribution in [0.25, 0.3) is 10.6 Å². The highest BCUT2D eigenvalue weighted by Gasteiger charge is 2.29. The topological polar surface area (TPSA) is 67.4 Å². The second-order valence-electron chi connectivity index (χ2n) is 6.26. The number of halogens is 2. The Morgan fingerprint density at radius 1 is 1.21 bits per heavy atom. The van der Waals surface area contributed by atoms with Crippen molar-refractivity contribution in [2.75, 3.05) is 26.2 Å². The van der Waals surface area contributed by atoms with Gasteiger partial charge in [-0.15, -0.1) is 36.2 Å². The molecule has 0 radical (unpaired) electrons. The van der Waals surface area contributed by atoms with Gasteiger partial charge in [-0.05, 0) is 12.1 Å². The van der Waals surface area contributed by atoms with Gasteiger partial charge in [-0.1, -0.05) is 30.3 Å². The summed E-state index contributed by atoms with van der Waals surface area (Å²) in [4.78, 5) is 23.5. The molecule has 0 bridgehead atoms. The monoisotopic (exact) mass is 452 g/mol. The molecule has 1 amide bonds. The van der Waals surface area contributed by atoms with Crippen molar-refractivity contribution < 1.29 is 9.53 Å². The lowest BCUT2D eigenvalue weighted by Gasteiger charge is -2.35. The number of aromatic nitrogens is 2. The number of ether oxygens (including phenoxy) is 1. The first kappa shape index (κ1) is 23.1. The van der Waals surface area contributed by atoms with E-state index in [4.69, 9.17) is 4.74 Å². The second-order valence-corrected chi connectivity index (χ2v) is 7.12. The fourth-order valence-corrected chi connectivity index (χ4v) is 3.83. The van der Waals surface area contributed by atoms with E-state index in [0.717, 1.165) is 17.1 Å². The van der Waals surface area contributed by atoms with Crippen molar-refractivity contribution in [3.63, 3.8) is 0 Å². The van der Waals surface area contributed by atoms with E-state index in [1.165, 1.54) is 11.3 Å². The molecule has 1 atom stereocenters. The lowest BCUT2D eigenvalue weighted by Crippen LogP contribution is -2.56. The molecule has 0 saturated carbocycles. The second kappa shape index (κ2) is 11.1. The molecule has 1 aromatic carbocycles. The predicted octanol–water partition coefficient (Wildman–Crippen LogP) is 3.54. The Bertz CT molecular complexity index is 896. The van der Waals surface area contributed by atoms with Gasteiger partial charge in [0, 0.05) is 36.8 Å². The smallest absolute Gasteiger partial charge is 0.273 e. The molecule has 1 unspecified atom stereocenters. The maximum Gasteiger partial charge on any atom is 0.273 e. The molecule has 3 aromatic rings. The van der Waals surface area contributed by atoms with Gasteiger partial charge in [0.1, 0.15) is 23.1 Å². The highest BCUT2D eigenvalue weighted by atomic mass is 35.5. The van der Waals surface area contributed by atoms with Crippen LogP contribution in [0.15, 0.2) is 60.2 Å². The largest absolute Gasteiger partial charge is 0.490 e. The standard InChI is InChI=1S/C20H20N4O2S.2ClH/c25-20(18-14-27-19(23-18)15-5-2-1-3-6-15)24-10-9-22-11-16(24)13-26-17-7-4-8-21-12-17;;/h1-8,12,14,16,22H,9-11,13H2;2*1H. The van der Waals surface area contributed by atoms with Gasteiger partial charge in [-0.3, -0.25) is 9.78 Å². The maximum atomic E-state index is 13.0. The summed E-state index contributed by atoms with van der Waals surface area (Å²) in [7, 11) is 0. The molecule has 1 saturated heterocycles. The van der Waals surface area contributed by atoms with Crippen LogP contribution >= 0.6 is 36.2 Å². The number of rotatable bonds is 5. The van der Waals surface area contributed by atoms with Crippen LogP contribution in [0, 0.1) is 0 Å². The number of carbonyl (C=O) groups excluding carboxylic acids is 1. The molecular weight excluding hydrogens is 431 g/mol. The molecule has 1 aliphatic heterocycles. The van der Waals surface area contributed by atoms with Crippen LogP contribution in [-0.2, 0) is 0 Å². The van der Waals surface area contributed by atoms with Crippen molar-refractivity contribution >= 4 is 42.1 Å². The number of nitrogens with one attached hydrogen (secondary N) is 1. The summed E-state index contributed by atoms with van der Waals surface area (Å²) in [6.07, 6.45) is 3.38. The van der Waals surface area contributed by atoms with E-state index in [1.54, 1.807) is 12.4 Å². The van der Waals surface area contributed by atoms with Crippen LogP contribution in [-0.4, -0.2) is 53.1 Å². The highest BCUT2D eigenvalue weighted by molar-refractivity contribution is 7.13. The molecule has 1 aliphatic rings. The Morgan fingerprint density at radius 2 is 2.03 bits per heavy atom. The minimum Gasteiger partial charge on any atom is -0.490 e. The number of carbonyl (C=O) groups is 1. The minimum atomic E-state index is -0.0478. The Balaban J connectivity index is 0.00000150. The van der Waals surface area contributed by atoms with E-state index in [0.29, 0.717) is 31.1 Å². The minimum absolute atomic E-state index is 0.